The lowest BCUT2D eigenvalue weighted by molar-refractivity contribution is -0.137. The van der Waals surface area contributed by atoms with Gasteiger partial charge in [-0.2, -0.15) is 0 Å². The molecule has 0 aliphatic carbocycles. The first-order valence-electron chi connectivity index (χ1n) is 6.48. The third-order valence-electron chi connectivity index (χ3n) is 2.32. The number of rotatable bonds is 8. The Labute approximate surface area is 146 Å². The zero-order valence-electron chi connectivity index (χ0n) is 12.6. The smallest absolute Gasteiger partial charge is 0.321 e. The lowest BCUT2D eigenvalue weighted by Crippen LogP contribution is -2.45. The Kier molecular flexibility index (Phi) is 11.6. The van der Waals surface area contributed by atoms with Crippen molar-refractivity contribution in [2.24, 2.45) is 23.0 Å². The highest BCUT2D eigenvalue weighted by molar-refractivity contribution is 8.76. The summed E-state index contributed by atoms with van der Waals surface area (Å²) in [6.45, 7) is 0. The molecule has 0 bridgehead atoms. The first kappa shape index (κ1) is 22.1. The number of hydrogen-bond donors (Lipinski definition) is 6. The van der Waals surface area contributed by atoms with Crippen LogP contribution in [0.25, 0.3) is 0 Å². The number of nitrogens with two attached hydrogens (primary N) is 4. The summed E-state index contributed by atoms with van der Waals surface area (Å²) in [5.74, 6) is 3.54. The van der Waals surface area contributed by atoms with Crippen LogP contribution in [0.4, 0.5) is 0 Å². The summed E-state index contributed by atoms with van der Waals surface area (Å²) in [6.07, 6.45) is 3.02. The lowest BCUT2D eigenvalue weighted by atomic mass is 10.3. The van der Waals surface area contributed by atoms with Crippen molar-refractivity contribution < 1.29 is 19.5 Å². The van der Waals surface area contributed by atoms with Crippen LogP contribution in [0.2, 0.25) is 0 Å². The van der Waals surface area contributed by atoms with E-state index in [1.807, 2.05) is 5.43 Å². The van der Waals surface area contributed by atoms with Crippen LogP contribution in [0.5, 0.6) is 0 Å². The number of pyridine rings is 1. The van der Waals surface area contributed by atoms with E-state index in [1.54, 1.807) is 18.3 Å². The van der Waals surface area contributed by atoms with Gasteiger partial charge < -0.3 is 22.3 Å². The van der Waals surface area contributed by atoms with Gasteiger partial charge in [0, 0.05) is 23.9 Å². The number of hydrazine groups is 1. The van der Waals surface area contributed by atoms with E-state index in [9.17, 15) is 14.4 Å². The van der Waals surface area contributed by atoms with Crippen LogP contribution < -0.4 is 28.5 Å². The van der Waals surface area contributed by atoms with Crippen LogP contribution in [0.15, 0.2) is 24.5 Å². The Balaban J connectivity index is 0.000000496. The quantitative estimate of drug-likeness (QED) is 0.0995. The minimum absolute atomic E-state index is 0.261. The zero-order chi connectivity index (χ0) is 18.5. The number of amides is 2. The second-order valence-electron chi connectivity index (χ2n) is 4.23. The number of carbonyl (C=O) groups is 3. The topological polar surface area (TPSA) is 200 Å². The molecule has 2 unspecified atom stereocenters. The molecule has 0 spiro atoms. The van der Waals surface area contributed by atoms with Gasteiger partial charge in [0.05, 0.1) is 11.6 Å². The van der Waals surface area contributed by atoms with Crippen LogP contribution in [0.1, 0.15) is 10.4 Å². The Bertz CT molecular complexity index is 534. The van der Waals surface area contributed by atoms with E-state index in [4.69, 9.17) is 28.2 Å². The zero-order valence-corrected chi connectivity index (χ0v) is 14.3. The van der Waals surface area contributed by atoms with Crippen LogP contribution in [0.3, 0.4) is 0 Å². The third-order valence-corrected chi connectivity index (χ3v) is 4.79. The summed E-state index contributed by atoms with van der Waals surface area (Å²) in [5.41, 5.74) is 18.0. The molecule has 0 fully saturated rings. The summed E-state index contributed by atoms with van der Waals surface area (Å²) in [7, 11) is 2.54. The molecular weight excluding hydrogens is 356 g/mol. The number of aromatic nitrogens is 1. The van der Waals surface area contributed by atoms with Crippen molar-refractivity contribution in [2.75, 3.05) is 11.5 Å². The molecule has 2 amide bonds. The second-order valence-corrected chi connectivity index (χ2v) is 6.79. The van der Waals surface area contributed by atoms with Crippen molar-refractivity contribution >= 4 is 39.4 Å². The average molecular weight is 376 g/mol. The highest BCUT2D eigenvalue weighted by atomic mass is 33.1. The van der Waals surface area contributed by atoms with Crippen molar-refractivity contribution in [1.82, 2.24) is 10.4 Å². The number of aliphatic carboxylic acids is 1. The monoisotopic (exact) mass is 376 g/mol. The van der Waals surface area contributed by atoms with Gasteiger partial charge in [0.1, 0.15) is 6.04 Å². The number of nitrogens with one attached hydrogen (secondary N) is 1. The number of primary amides is 1. The average Bonchev–Trinajstić information content (AvgIpc) is 2.58. The van der Waals surface area contributed by atoms with E-state index in [0.29, 0.717) is 11.3 Å². The maximum Gasteiger partial charge on any atom is 0.321 e. The van der Waals surface area contributed by atoms with Gasteiger partial charge in [-0.25, -0.2) is 5.84 Å². The molecule has 12 heteroatoms. The van der Waals surface area contributed by atoms with Crippen molar-refractivity contribution in [2.45, 2.75) is 12.1 Å². The summed E-state index contributed by atoms with van der Waals surface area (Å²) in [4.78, 5) is 35.3. The second kappa shape index (κ2) is 12.5. The van der Waals surface area contributed by atoms with Gasteiger partial charge >= 0.3 is 5.97 Å². The van der Waals surface area contributed by atoms with Crippen LogP contribution in [-0.4, -0.2) is 51.5 Å². The molecule has 0 aromatic carbocycles. The van der Waals surface area contributed by atoms with Crippen LogP contribution in [0, 0.1) is 0 Å². The van der Waals surface area contributed by atoms with Crippen molar-refractivity contribution in [1.29, 1.82) is 0 Å². The van der Waals surface area contributed by atoms with Crippen LogP contribution >= 0.6 is 21.6 Å². The molecule has 1 aromatic rings. The van der Waals surface area contributed by atoms with E-state index < -0.39 is 29.9 Å². The van der Waals surface area contributed by atoms with Crippen molar-refractivity contribution in [3.63, 3.8) is 0 Å². The standard InChI is InChI=1S/C6H14N4O3S2.C6H6N2O/c7-3(5(11)10-9)1-14-15-2-4(8)6(12)13;7-6(9)5-2-1-3-8-4-5/h3-4H,1-2,7-9H2,(H,10,11)(H,12,13);1-4H,(H2,7,9). The molecule has 1 heterocycles. The van der Waals surface area contributed by atoms with Crippen LogP contribution in [-0.2, 0) is 9.59 Å². The molecular formula is C12H20N6O4S2. The minimum Gasteiger partial charge on any atom is -0.480 e. The summed E-state index contributed by atoms with van der Waals surface area (Å²) in [6, 6.07) is 1.69. The minimum atomic E-state index is -1.05. The Morgan fingerprint density at radius 1 is 1.21 bits per heavy atom. The Morgan fingerprint density at radius 2 is 1.79 bits per heavy atom. The number of nitrogens with zero attached hydrogens (tertiary/aromatic N) is 1. The van der Waals surface area contributed by atoms with Gasteiger partial charge in [-0.3, -0.25) is 24.8 Å². The van der Waals surface area contributed by atoms with Gasteiger partial charge in [-0.05, 0) is 12.1 Å². The van der Waals surface area contributed by atoms with Gasteiger partial charge in [0.2, 0.25) is 5.91 Å². The highest BCUT2D eigenvalue weighted by Gasteiger charge is 2.14. The molecule has 24 heavy (non-hydrogen) atoms. The van der Waals surface area contributed by atoms with E-state index >= 15 is 0 Å². The molecule has 2 atom stereocenters. The maximum absolute atomic E-state index is 10.8. The molecule has 0 aliphatic rings. The SMILES string of the molecule is NC(=O)c1cccnc1.NNC(=O)C(N)CSSCC(N)C(=O)O. The van der Waals surface area contributed by atoms with E-state index in [1.165, 1.54) is 27.8 Å². The number of carboxylic acid groups (broad SMARTS) is 1. The Hall–Kier alpha value is -1.86. The summed E-state index contributed by atoms with van der Waals surface area (Å²) >= 11 is 0. The summed E-state index contributed by atoms with van der Waals surface area (Å²) in [5, 5.41) is 8.46. The molecule has 1 aromatic heterocycles. The molecule has 0 saturated heterocycles. The molecule has 10 nitrogen and oxygen atoms in total. The lowest BCUT2D eigenvalue weighted by Gasteiger charge is -2.09. The van der Waals surface area contributed by atoms with Crippen molar-refractivity contribution in [3.05, 3.63) is 30.1 Å². The van der Waals surface area contributed by atoms with Crippen molar-refractivity contribution in [3.8, 4) is 0 Å². The normalized spacial score (nSPS) is 12.3. The molecule has 10 N–H and O–H groups in total. The maximum atomic E-state index is 10.8. The van der Waals surface area contributed by atoms with E-state index in [-0.39, 0.29) is 5.75 Å². The van der Waals surface area contributed by atoms with E-state index in [0.717, 1.165) is 0 Å². The number of carbonyl (C=O) groups excluding carboxylic acids is 2. The first-order chi connectivity index (χ1) is 11.3. The fourth-order valence-electron chi connectivity index (χ4n) is 1.01. The fourth-order valence-corrected chi connectivity index (χ4v) is 3.24. The Morgan fingerprint density at radius 3 is 2.17 bits per heavy atom. The molecule has 0 radical (unpaired) electrons. The van der Waals surface area contributed by atoms with Gasteiger partial charge in [-0.1, -0.05) is 21.6 Å². The molecule has 0 saturated carbocycles. The molecule has 134 valence electrons. The third kappa shape index (κ3) is 10.0. The van der Waals surface area contributed by atoms with Gasteiger partial charge in [-0.15, -0.1) is 0 Å². The van der Waals surface area contributed by atoms with Gasteiger partial charge in [0.25, 0.3) is 5.91 Å². The fraction of sp³-hybridized carbons (Fsp3) is 0.333. The largest absolute Gasteiger partial charge is 0.480 e. The number of hydrogen-bond acceptors (Lipinski definition) is 9. The summed E-state index contributed by atoms with van der Waals surface area (Å²) < 4.78 is 0. The van der Waals surface area contributed by atoms with E-state index in [2.05, 4.69) is 4.98 Å². The first-order valence-corrected chi connectivity index (χ1v) is 8.97. The highest BCUT2D eigenvalue weighted by Crippen LogP contribution is 2.22. The molecule has 0 aliphatic heterocycles. The predicted molar refractivity (Wildman–Crippen MR) is 93.6 cm³/mol. The van der Waals surface area contributed by atoms with Gasteiger partial charge in [0.15, 0.2) is 0 Å². The number of carboxylic acids is 1. The molecule has 1 rings (SSSR count). The predicted octanol–water partition coefficient (Wildman–Crippen LogP) is -1.72.